The van der Waals surface area contributed by atoms with Crippen molar-refractivity contribution in [1.29, 1.82) is 0 Å². The number of hydrogen-bond donors (Lipinski definition) is 2. The topological polar surface area (TPSA) is 45.8 Å². The maximum Gasteiger partial charge on any atom is 0.261 e. The minimum Gasteiger partial charge on any atom is -0.406 e. The molecule has 0 spiro atoms. The third-order valence-electron chi connectivity index (χ3n) is 10.6. The van der Waals surface area contributed by atoms with Gasteiger partial charge in [-0.2, -0.15) is 0 Å². The summed E-state index contributed by atoms with van der Waals surface area (Å²) in [4.78, 5) is 2.61. The Balaban J connectivity index is 1.20. The van der Waals surface area contributed by atoms with Crippen molar-refractivity contribution in [3.63, 3.8) is 0 Å². The standard InChI is InChI=1S/C41H55N3O2Si2/c1-40(2,3)47(35-19-11-7-12-20-35,36-21-13-8-14-22-36)45-31-33-28-30-44-34(27-29-42-39(44)43-33)32-46-48(41(4,5)6,37-23-15-9-16-24-37)38-25-17-10-18-26-38/h7-26,33-34,39,42-43H,27-32H2,1-6H3/t33-,34-,39?/m0/s1. The second-order valence-electron chi connectivity index (χ2n) is 15.6. The maximum absolute atomic E-state index is 7.43. The Kier molecular flexibility index (Phi) is 10.6. The lowest BCUT2D eigenvalue weighted by molar-refractivity contribution is -0.0159. The van der Waals surface area contributed by atoms with Crippen molar-refractivity contribution in [2.24, 2.45) is 0 Å². The Morgan fingerprint density at radius 3 is 1.38 bits per heavy atom. The lowest BCUT2D eigenvalue weighted by Crippen LogP contribution is -2.72. The van der Waals surface area contributed by atoms with Crippen molar-refractivity contribution in [2.45, 2.75) is 82.8 Å². The first-order valence-electron chi connectivity index (χ1n) is 17.8. The third-order valence-corrected chi connectivity index (χ3v) is 20.6. The van der Waals surface area contributed by atoms with E-state index >= 15 is 0 Å². The van der Waals surface area contributed by atoms with Crippen molar-refractivity contribution in [3.05, 3.63) is 121 Å². The molecule has 4 aromatic rings. The van der Waals surface area contributed by atoms with E-state index in [1.54, 1.807) is 0 Å². The fourth-order valence-corrected chi connectivity index (χ4v) is 17.4. The van der Waals surface area contributed by atoms with Crippen LogP contribution in [0.1, 0.15) is 54.4 Å². The van der Waals surface area contributed by atoms with E-state index < -0.39 is 16.6 Å². The van der Waals surface area contributed by atoms with Crippen LogP contribution >= 0.6 is 0 Å². The molecule has 0 saturated carbocycles. The summed E-state index contributed by atoms with van der Waals surface area (Å²) in [6, 6.07) is 44.6. The number of rotatable bonds is 10. The van der Waals surface area contributed by atoms with E-state index in [0.717, 1.165) is 32.5 Å². The lowest BCUT2D eigenvalue weighted by Gasteiger charge is -2.50. The van der Waals surface area contributed by atoms with E-state index in [0.29, 0.717) is 12.6 Å². The van der Waals surface area contributed by atoms with Gasteiger partial charge in [0.1, 0.15) is 6.29 Å². The lowest BCUT2D eigenvalue weighted by atomic mass is 10.1. The molecule has 48 heavy (non-hydrogen) atoms. The van der Waals surface area contributed by atoms with Crippen LogP contribution in [0, 0.1) is 0 Å². The Bertz CT molecular complexity index is 1500. The summed E-state index contributed by atoms with van der Waals surface area (Å²) >= 11 is 0. The molecule has 4 aromatic carbocycles. The molecule has 2 fully saturated rings. The molecule has 3 atom stereocenters. The van der Waals surface area contributed by atoms with Gasteiger partial charge in [-0.05, 0) is 50.2 Å². The minimum atomic E-state index is -2.60. The van der Waals surface area contributed by atoms with Crippen LogP contribution in [0.4, 0.5) is 0 Å². The molecule has 1 unspecified atom stereocenters. The molecule has 2 N–H and O–H groups in total. The zero-order valence-corrected chi connectivity index (χ0v) is 31.8. The number of nitrogens with zero attached hydrogens (tertiary/aromatic N) is 1. The van der Waals surface area contributed by atoms with Crippen LogP contribution in [-0.4, -0.2) is 66.2 Å². The number of benzene rings is 4. The maximum atomic E-state index is 7.43. The molecule has 0 amide bonds. The summed E-state index contributed by atoms with van der Waals surface area (Å²) < 4.78 is 14.8. The average molecular weight is 678 g/mol. The summed E-state index contributed by atoms with van der Waals surface area (Å²) in [6.45, 7) is 17.5. The highest BCUT2D eigenvalue weighted by molar-refractivity contribution is 7.00. The molecule has 2 saturated heterocycles. The minimum absolute atomic E-state index is 0.0362. The van der Waals surface area contributed by atoms with Gasteiger partial charge in [-0.15, -0.1) is 0 Å². The second-order valence-corrected chi connectivity index (χ2v) is 24.2. The molecule has 0 aliphatic carbocycles. The third kappa shape index (κ3) is 6.79. The summed E-state index contributed by atoms with van der Waals surface area (Å²) in [7, 11) is -5.20. The Morgan fingerprint density at radius 1 is 0.583 bits per heavy atom. The predicted molar refractivity (Wildman–Crippen MR) is 206 cm³/mol. The highest BCUT2D eigenvalue weighted by atomic mass is 28.4. The van der Waals surface area contributed by atoms with Gasteiger partial charge >= 0.3 is 0 Å². The zero-order chi connectivity index (χ0) is 33.8. The van der Waals surface area contributed by atoms with E-state index in [1.807, 2.05) is 0 Å². The van der Waals surface area contributed by atoms with Gasteiger partial charge in [0.25, 0.3) is 16.6 Å². The average Bonchev–Trinajstić information content (AvgIpc) is 3.09. The van der Waals surface area contributed by atoms with E-state index in [9.17, 15) is 0 Å². The van der Waals surface area contributed by atoms with Gasteiger partial charge in [-0.1, -0.05) is 163 Å². The molecule has 6 rings (SSSR count). The van der Waals surface area contributed by atoms with Crippen LogP contribution < -0.4 is 31.4 Å². The van der Waals surface area contributed by atoms with Crippen LogP contribution in [0.5, 0.6) is 0 Å². The molecule has 0 aromatic heterocycles. The van der Waals surface area contributed by atoms with Crippen molar-refractivity contribution < 1.29 is 8.85 Å². The van der Waals surface area contributed by atoms with Gasteiger partial charge in [0.05, 0.1) is 13.2 Å². The van der Waals surface area contributed by atoms with Gasteiger partial charge in [0.15, 0.2) is 0 Å². The van der Waals surface area contributed by atoms with Crippen LogP contribution in [0.25, 0.3) is 0 Å². The van der Waals surface area contributed by atoms with Crippen molar-refractivity contribution >= 4 is 37.4 Å². The molecule has 0 bridgehead atoms. The molecule has 5 nitrogen and oxygen atoms in total. The zero-order valence-electron chi connectivity index (χ0n) is 29.8. The Hall–Kier alpha value is -2.89. The highest BCUT2D eigenvalue weighted by Gasteiger charge is 2.52. The summed E-state index contributed by atoms with van der Waals surface area (Å²) in [5, 5.41) is 13.0. The second kappa shape index (κ2) is 14.5. The quantitative estimate of drug-likeness (QED) is 0.219. The molecule has 0 radical (unpaired) electrons. The van der Waals surface area contributed by atoms with Crippen LogP contribution in [0.15, 0.2) is 121 Å². The monoisotopic (exact) mass is 677 g/mol. The van der Waals surface area contributed by atoms with E-state index in [2.05, 4.69) is 178 Å². The summed E-state index contributed by atoms with van der Waals surface area (Å²) in [6.07, 6.45) is 2.21. The van der Waals surface area contributed by atoms with Gasteiger partial charge < -0.3 is 8.85 Å². The van der Waals surface area contributed by atoms with Gasteiger partial charge in [-0.3, -0.25) is 15.5 Å². The fraction of sp³-hybridized carbons (Fsp3) is 0.415. The van der Waals surface area contributed by atoms with Gasteiger partial charge in [0, 0.05) is 18.6 Å². The molecular formula is C41H55N3O2Si2. The SMILES string of the molecule is CC(C)(C)[Si](OC[C@@H]1CCN2C(NCC[C@H]2CO[Si](c2ccccc2)(c2ccccc2)C(C)(C)C)N1)(c1ccccc1)c1ccccc1. The normalized spacial score (nSPS) is 21.1. The first-order valence-corrected chi connectivity index (χ1v) is 21.6. The molecule has 2 aliphatic rings. The van der Waals surface area contributed by atoms with Crippen molar-refractivity contribution in [3.8, 4) is 0 Å². The molecule has 2 heterocycles. The number of nitrogens with one attached hydrogen (secondary N) is 2. The van der Waals surface area contributed by atoms with Crippen molar-refractivity contribution in [1.82, 2.24) is 15.5 Å². The molecular weight excluding hydrogens is 623 g/mol. The summed E-state index contributed by atoms with van der Waals surface area (Å²) in [5.74, 6) is 0. The van der Waals surface area contributed by atoms with Crippen molar-refractivity contribution in [2.75, 3.05) is 26.3 Å². The van der Waals surface area contributed by atoms with Crippen LogP contribution in [0.3, 0.4) is 0 Å². The summed E-state index contributed by atoms with van der Waals surface area (Å²) in [5.41, 5.74) is 0. The van der Waals surface area contributed by atoms with E-state index in [-0.39, 0.29) is 22.4 Å². The Labute approximate surface area is 291 Å². The number of hydrogen-bond acceptors (Lipinski definition) is 5. The highest BCUT2D eigenvalue weighted by Crippen LogP contribution is 2.38. The van der Waals surface area contributed by atoms with Gasteiger partial charge in [0.2, 0.25) is 0 Å². The molecule has 2 aliphatic heterocycles. The van der Waals surface area contributed by atoms with Crippen LogP contribution in [0.2, 0.25) is 10.1 Å². The largest absolute Gasteiger partial charge is 0.406 e. The predicted octanol–water partition coefficient (Wildman–Crippen LogP) is 5.45. The van der Waals surface area contributed by atoms with E-state index in [4.69, 9.17) is 8.85 Å². The molecule has 254 valence electrons. The first kappa shape index (κ1) is 35.0. The molecule has 7 heteroatoms. The van der Waals surface area contributed by atoms with Crippen LogP contribution in [-0.2, 0) is 8.85 Å². The number of fused-ring (bicyclic) bond motifs is 1. The fourth-order valence-electron chi connectivity index (χ4n) is 8.24. The first-order chi connectivity index (χ1) is 23.1. The Morgan fingerprint density at radius 2 is 0.979 bits per heavy atom. The smallest absolute Gasteiger partial charge is 0.261 e. The van der Waals surface area contributed by atoms with E-state index in [1.165, 1.54) is 20.7 Å². The van der Waals surface area contributed by atoms with Gasteiger partial charge in [-0.25, -0.2) is 0 Å².